The summed E-state index contributed by atoms with van der Waals surface area (Å²) in [4.78, 5) is 0. The van der Waals surface area contributed by atoms with Crippen LogP contribution in [0.5, 0.6) is 0 Å². The van der Waals surface area contributed by atoms with Crippen LogP contribution in [0.2, 0.25) is 0 Å². The maximum Gasteiger partial charge on any atom is 0.276 e. The van der Waals surface area contributed by atoms with Gasteiger partial charge in [-0.2, -0.15) is 0 Å². The zero-order valence-corrected chi connectivity index (χ0v) is 32.9. The van der Waals surface area contributed by atoms with Crippen molar-refractivity contribution in [2.75, 3.05) is 0 Å². The molecule has 4 aliphatic rings. The Morgan fingerprint density at radius 3 is 0.745 bits per heavy atom. The molecule has 5 heteroatoms. The largest absolute Gasteiger partial charge is 0.326 e. The Morgan fingerprint density at radius 1 is 0.340 bits per heavy atom. The molecule has 12 unspecified atom stereocenters. The van der Waals surface area contributed by atoms with Gasteiger partial charge in [0.05, 0.1) is 24.4 Å². The fraction of sp³-hybridized carbons (Fsp3) is 1.00. The van der Waals surface area contributed by atoms with Gasteiger partial charge in [-0.25, -0.2) is 0 Å². The van der Waals surface area contributed by atoms with Crippen molar-refractivity contribution in [2.24, 2.45) is 71.0 Å². The maximum atomic E-state index is 7.10. The monoisotopic (exact) mass is 663 g/mol. The van der Waals surface area contributed by atoms with E-state index in [2.05, 4.69) is 83.1 Å². The van der Waals surface area contributed by atoms with E-state index in [0.29, 0.717) is 71.0 Å². The van der Waals surface area contributed by atoms with Gasteiger partial charge in [0.25, 0.3) is 13.0 Å². The highest BCUT2D eigenvalue weighted by atomic mass is 16.9. The van der Waals surface area contributed by atoms with Crippen LogP contribution in [0.25, 0.3) is 0 Å². The van der Waals surface area contributed by atoms with Crippen LogP contribution in [0.15, 0.2) is 0 Å². The van der Waals surface area contributed by atoms with Crippen LogP contribution in [-0.4, -0.2) is 37.4 Å². The van der Waals surface area contributed by atoms with Crippen molar-refractivity contribution in [3.05, 3.63) is 0 Å². The SMILES string of the molecule is CC1CCC(C(C)C)C(OC(OC(OC2CC(C)CCC2C(C)C)OC2CC(C)CCC2C(C)C)OC2CC(C)CCC2C(C)C)C1. The molecule has 0 heterocycles. The lowest BCUT2D eigenvalue weighted by atomic mass is 9.75. The minimum Gasteiger partial charge on any atom is -0.326 e. The lowest BCUT2D eigenvalue weighted by Gasteiger charge is -2.44. The Hall–Kier alpha value is -0.200. The van der Waals surface area contributed by atoms with Crippen molar-refractivity contribution >= 4 is 0 Å². The third-order valence-electron chi connectivity index (χ3n) is 13.2. The van der Waals surface area contributed by atoms with Crippen molar-refractivity contribution in [3.63, 3.8) is 0 Å². The van der Waals surface area contributed by atoms with Gasteiger partial charge in [-0.1, -0.05) is 109 Å². The fourth-order valence-corrected chi connectivity index (χ4v) is 9.94. The van der Waals surface area contributed by atoms with Crippen LogP contribution >= 0.6 is 0 Å². The lowest BCUT2D eigenvalue weighted by molar-refractivity contribution is -0.436. The second-order valence-electron chi connectivity index (χ2n) is 18.7. The highest BCUT2D eigenvalue weighted by Gasteiger charge is 2.42. The van der Waals surface area contributed by atoms with E-state index in [4.69, 9.17) is 23.7 Å². The zero-order chi connectivity index (χ0) is 34.4. The van der Waals surface area contributed by atoms with Gasteiger partial charge in [-0.15, -0.1) is 0 Å². The minimum atomic E-state index is -0.801. The first-order valence-corrected chi connectivity index (χ1v) is 20.5. The summed E-state index contributed by atoms with van der Waals surface area (Å²) in [6.07, 6.45) is 14.5. The Balaban J connectivity index is 1.65. The molecular weight excluding hydrogens is 584 g/mol. The van der Waals surface area contributed by atoms with Crippen molar-refractivity contribution in [1.82, 2.24) is 0 Å². The van der Waals surface area contributed by atoms with Crippen LogP contribution in [0.1, 0.15) is 160 Å². The molecule has 0 radical (unpaired) electrons. The standard InChI is InChI=1S/C42H78O5/c1-25(2)33-17-13-29(9)21-37(33)43-41(44-38-22-30(10)14-18-34(38)26(3)4)47-42(45-39-23-31(11)15-19-35(39)27(5)6)46-40-24-32(12)16-20-36(40)28(7)8/h25-42H,13-24H2,1-12H3. The molecule has 0 aromatic heterocycles. The summed E-state index contributed by atoms with van der Waals surface area (Å²) in [5.74, 6) is 6.80. The Labute approximate surface area is 291 Å². The van der Waals surface area contributed by atoms with Crippen LogP contribution in [0, 0.1) is 71.0 Å². The molecule has 4 rings (SSSR count). The minimum absolute atomic E-state index is 0.110. The van der Waals surface area contributed by atoms with Crippen LogP contribution < -0.4 is 0 Å². The van der Waals surface area contributed by atoms with E-state index in [-0.39, 0.29) is 24.4 Å². The molecule has 0 aromatic carbocycles. The summed E-state index contributed by atoms with van der Waals surface area (Å²) >= 11 is 0. The van der Waals surface area contributed by atoms with Gasteiger partial charge in [0.15, 0.2) is 0 Å². The van der Waals surface area contributed by atoms with E-state index in [1.54, 1.807) is 0 Å². The average molecular weight is 663 g/mol. The Morgan fingerprint density at radius 2 is 0.553 bits per heavy atom. The topological polar surface area (TPSA) is 46.2 Å². The smallest absolute Gasteiger partial charge is 0.276 e. The van der Waals surface area contributed by atoms with Crippen molar-refractivity contribution < 1.29 is 23.7 Å². The average Bonchev–Trinajstić information content (AvgIpc) is 2.96. The van der Waals surface area contributed by atoms with E-state index in [9.17, 15) is 0 Å². The van der Waals surface area contributed by atoms with Gasteiger partial charge in [0, 0.05) is 0 Å². The number of hydrogen-bond donors (Lipinski definition) is 0. The highest BCUT2D eigenvalue weighted by molar-refractivity contribution is 4.86. The van der Waals surface area contributed by atoms with Crippen molar-refractivity contribution in [1.29, 1.82) is 0 Å². The zero-order valence-electron chi connectivity index (χ0n) is 32.9. The fourth-order valence-electron chi connectivity index (χ4n) is 9.94. The van der Waals surface area contributed by atoms with E-state index >= 15 is 0 Å². The molecule has 0 aliphatic heterocycles. The summed E-state index contributed by atoms with van der Waals surface area (Å²) in [5, 5.41) is 0. The molecule has 12 atom stereocenters. The van der Waals surface area contributed by atoms with Crippen molar-refractivity contribution in [2.45, 2.75) is 198 Å². The van der Waals surface area contributed by atoms with Gasteiger partial charge in [0.2, 0.25) is 0 Å². The molecule has 0 spiro atoms. The third kappa shape index (κ3) is 11.4. The highest BCUT2D eigenvalue weighted by Crippen LogP contribution is 2.42. The summed E-state index contributed by atoms with van der Waals surface area (Å²) < 4.78 is 35.4. The normalized spacial score (nSPS) is 40.3. The van der Waals surface area contributed by atoms with Gasteiger partial charge in [0.1, 0.15) is 0 Å². The quantitative estimate of drug-likeness (QED) is 0.173. The summed E-state index contributed by atoms with van der Waals surface area (Å²) in [6, 6.07) is 0. The Kier molecular flexibility index (Phi) is 15.4. The summed E-state index contributed by atoms with van der Waals surface area (Å²) in [7, 11) is 0. The molecule has 0 amide bonds. The molecule has 4 saturated carbocycles. The first kappa shape index (κ1) is 39.6. The molecule has 0 aromatic rings. The number of hydrogen-bond acceptors (Lipinski definition) is 5. The third-order valence-corrected chi connectivity index (χ3v) is 13.2. The number of ether oxygens (including phenoxy) is 5. The second-order valence-corrected chi connectivity index (χ2v) is 18.7. The molecule has 0 N–H and O–H groups in total. The van der Waals surface area contributed by atoms with E-state index < -0.39 is 13.0 Å². The maximum absolute atomic E-state index is 7.10. The molecule has 0 saturated heterocycles. The first-order valence-electron chi connectivity index (χ1n) is 20.5. The van der Waals surface area contributed by atoms with Crippen LogP contribution in [0.3, 0.4) is 0 Å². The van der Waals surface area contributed by atoms with Gasteiger partial charge in [-0.05, 0) is 122 Å². The summed E-state index contributed by atoms with van der Waals surface area (Å²) in [6.45, 7) is 26.7. The molecule has 4 aliphatic carbocycles. The van der Waals surface area contributed by atoms with Gasteiger partial charge in [-0.3, -0.25) is 4.74 Å². The Bertz CT molecular complexity index is 750. The predicted octanol–water partition coefficient (Wildman–Crippen LogP) is 11.5. The molecular formula is C42H78O5. The van der Waals surface area contributed by atoms with E-state index in [1.807, 2.05) is 0 Å². The lowest BCUT2D eigenvalue weighted by Crippen LogP contribution is -2.47. The predicted molar refractivity (Wildman–Crippen MR) is 194 cm³/mol. The van der Waals surface area contributed by atoms with E-state index in [1.165, 1.54) is 51.4 Å². The van der Waals surface area contributed by atoms with Crippen LogP contribution in [-0.2, 0) is 23.7 Å². The van der Waals surface area contributed by atoms with Gasteiger partial charge >= 0.3 is 0 Å². The van der Waals surface area contributed by atoms with Crippen molar-refractivity contribution in [3.8, 4) is 0 Å². The van der Waals surface area contributed by atoms with Gasteiger partial charge < -0.3 is 18.9 Å². The molecule has 5 nitrogen and oxygen atoms in total. The first-order chi connectivity index (χ1) is 22.2. The molecule has 47 heavy (non-hydrogen) atoms. The van der Waals surface area contributed by atoms with Crippen LogP contribution in [0.4, 0.5) is 0 Å². The number of rotatable bonds is 14. The second kappa shape index (κ2) is 18.3. The van der Waals surface area contributed by atoms with E-state index in [0.717, 1.165) is 25.7 Å². The molecule has 276 valence electrons. The summed E-state index contributed by atoms with van der Waals surface area (Å²) in [5.41, 5.74) is 0. The molecule has 0 bridgehead atoms. The molecule has 4 fully saturated rings.